The number of anilines is 2. The first-order valence-corrected chi connectivity index (χ1v) is 12.0. The van der Waals surface area contributed by atoms with Crippen molar-refractivity contribution in [2.24, 2.45) is 11.7 Å². The zero-order chi connectivity index (χ0) is 23.7. The Labute approximate surface area is 198 Å². The Morgan fingerprint density at radius 3 is 2.68 bits per heavy atom. The number of carbonyl (C=O) groups is 1. The Hall–Kier alpha value is -3.26. The minimum Gasteiger partial charge on any atom is -0.474 e. The molecule has 3 aliphatic rings. The standard InChI is InChI=1S/C26H29N5O3/c1-4-25(2)22-16(24(32)34-25)9-10-20(31-22)30-21-11-17-18(12-28-21)23(33-15-7-8-15)29-13-19(17)26(3,27)14-5-6-14/h9-15H,4-8,27H2,1-3H3,(H,28,30,31)/t25-,26?/m0/s1. The van der Waals surface area contributed by atoms with Crippen LogP contribution in [0.2, 0.25) is 0 Å². The van der Waals surface area contributed by atoms with Gasteiger partial charge in [-0.25, -0.2) is 19.7 Å². The fraction of sp³-hybridized carbons (Fsp3) is 0.462. The van der Waals surface area contributed by atoms with E-state index in [1.54, 1.807) is 18.3 Å². The molecule has 2 atom stereocenters. The molecule has 1 unspecified atom stereocenters. The van der Waals surface area contributed by atoms with Gasteiger partial charge in [0.2, 0.25) is 5.88 Å². The van der Waals surface area contributed by atoms with Gasteiger partial charge in [-0.15, -0.1) is 0 Å². The lowest BCUT2D eigenvalue weighted by Crippen LogP contribution is -2.35. The van der Waals surface area contributed by atoms with E-state index < -0.39 is 11.1 Å². The van der Waals surface area contributed by atoms with Gasteiger partial charge >= 0.3 is 5.97 Å². The summed E-state index contributed by atoms with van der Waals surface area (Å²) < 4.78 is 11.6. The van der Waals surface area contributed by atoms with Crippen LogP contribution < -0.4 is 15.8 Å². The molecule has 3 aromatic heterocycles. The van der Waals surface area contributed by atoms with Crippen LogP contribution in [0.25, 0.3) is 10.8 Å². The average molecular weight is 460 g/mol. The number of hydrogen-bond donors (Lipinski definition) is 2. The molecule has 4 heterocycles. The molecule has 3 N–H and O–H groups in total. The largest absolute Gasteiger partial charge is 0.474 e. The van der Waals surface area contributed by atoms with E-state index in [1.165, 1.54) is 0 Å². The lowest BCUT2D eigenvalue weighted by Gasteiger charge is -2.27. The quantitative estimate of drug-likeness (QED) is 0.490. The van der Waals surface area contributed by atoms with Crippen molar-refractivity contribution in [3.63, 3.8) is 0 Å². The number of aromatic nitrogens is 3. The first kappa shape index (κ1) is 21.3. The van der Waals surface area contributed by atoms with Gasteiger partial charge in [-0.1, -0.05) is 6.92 Å². The molecule has 6 rings (SSSR count). The summed E-state index contributed by atoms with van der Waals surface area (Å²) in [5, 5.41) is 5.16. The van der Waals surface area contributed by atoms with Crippen LogP contribution in [-0.2, 0) is 15.9 Å². The summed E-state index contributed by atoms with van der Waals surface area (Å²) in [6.07, 6.45) is 8.91. The summed E-state index contributed by atoms with van der Waals surface area (Å²) in [4.78, 5) is 26.2. The van der Waals surface area contributed by atoms with Crippen LogP contribution in [0, 0.1) is 5.92 Å². The summed E-state index contributed by atoms with van der Waals surface area (Å²) in [7, 11) is 0. The van der Waals surface area contributed by atoms with Crippen LogP contribution >= 0.6 is 0 Å². The fourth-order valence-corrected chi connectivity index (χ4v) is 4.72. The van der Waals surface area contributed by atoms with Crippen LogP contribution in [0.4, 0.5) is 11.6 Å². The first-order valence-electron chi connectivity index (χ1n) is 12.0. The Morgan fingerprint density at radius 2 is 1.97 bits per heavy atom. The number of pyridine rings is 3. The zero-order valence-electron chi connectivity index (χ0n) is 19.7. The van der Waals surface area contributed by atoms with Crippen molar-refractivity contribution in [3.05, 3.63) is 47.4 Å². The van der Waals surface area contributed by atoms with Crippen molar-refractivity contribution in [2.45, 2.75) is 70.1 Å². The Kier molecular flexibility index (Phi) is 4.61. The predicted molar refractivity (Wildman–Crippen MR) is 128 cm³/mol. The molecule has 0 spiro atoms. The number of nitrogens with zero attached hydrogens (tertiary/aromatic N) is 3. The van der Waals surface area contributed by atoms with Crippen LogP contribution in [-0.4, -0.2) is 27.0 Å². The number of hydrogen-bond acceptors (Lipinski definition) is 8. The highest BCUT2D eigenvalue weighted by molar-refractivity contribution is 5.94. The molecular formula is C26H29N5O3. The number of esters is 1. The summed E-state index contributed by atoms with van der Waals surface area (Å²) in [6.45, 7) is 5.96. The maximum atomic E-state index is 12.2. The van der Waals surface area contributed by atoms with Gasteiger partial charge < -0.3 is 20.5 Å². The number of cyclic esters (lactones) is 1. The molecule has 2 saturated carbocycles. The van der Waals surface area contributed by atoms with Crippen molar-refractivity contribution in [3.8, 4) is 5.88 Å². The number of rotatable bonds is 7. The van der Waals surface area contributed by atoms with E-state index in [2.05, 4.69) is 22.2 Å². The molecule has 1 aliphatic heterocycles. The lowest BCUT2D eigenvalue weighted by atomic mass is 9.86. The highest BCUT2D eigenvalue weighted by atomic mass is 16.6. The van der Waals surface area contributed by atoms with Gasteiger partial charge in [-0.3, -0.25) is 0 Å². The van der Waals surface area contributed by atoms with E-state index in [0.29, 0.717) is 41.1 Å². The minimum atomic E-state index is -0.722. The molecule has 0 aromatic carbocycles. The normalized spacial score (nSPS) is 23.4. The molecule has 0 bridgehead atoms. The second-order valence-corrected chi connectivity index (χ2v) is 10.2. The molecule has 0 radical (unpaired) electrons. The van der Waals surface area contributed by atoms with Gasteiger partial charge in [0.15, 0.2) is 5.60 Å². The monoisotopic (exact) mass is 459 g/mol. The van der Waals surface area contributed by atoms with Crippen LogP contribution in [0.3, 0.4) is 0 Å². The van der Waals surface area contributed by atoms with Crippen molar-refractivity contribution in [1.82, 2.24) is 15.0 Å². The van der Waals surface area contributed by atoms with E-state index in [1.807, 2.05) is 26.1 Å². The lowest BCUT2D eigenvalue weighted by molar-refractivity contribution is -0.00220. The fourth-order valence-electron chi connectivity index (χ4n) is 4.72. The maximum absolute atomic E-state index is 12.2. The Balaban J connectivity index is 1.40. The van der Waals surface area contributed by atoms with Crippen molar-refractivity contribution >= 4 is 28.4 Å². The molecular weight excluding hydrogens is 430 g/mol. The first-order chi connectivity index (χ1) is 16.3. The smallest absolute Gasteiger partial charge is 0.341 e. The third-order valence-corrected chi connectivity index (χ3v) is 7.41. The number of nitrogens with two attached hydrogens (primary N) is 1. The third kappa shape index (κ3) is 3.48. The molecule has 3 aromatic rings. The zero-order valence-corrected chi connectivity index (χ0v) is 19.7. The van der Waals surface area contributed by atoms with E-state index in [0.717, 1.165) is 42.0 Å². The second-order valence-electron chi connectivity index (χ2n) is 10.2. The summed E-state index contributed by atoms with van der Waals surface area (Å²) in [6, 6.07) is 5.53. The molecule has 2 aliphatic carbocycles. The summed E-state index contributed by atoms with van der Waals surface area (Å²) in [5.74, 6) is 1.97. The average Bonchev–Trinajstić information content (AvgIpc) is 3.73. The second kappa shape index (κ2) is 7.37. The van der Waals surface area contributed by atoms with Gasteiger partial charge in [0, 0.05) is 17.9 Å². The molecule has 8 heteroatoms. The van der Waals surface area contributed by atoms with Gasteiger partial charge in [0.05, 0.1) is 10.9 Å². The van der Waals surface area contributed by atoms with Crippen LogP contribution in [0.5, 0.6) is 5.88 Å². The van der Waals surface area contributed by atoms with E-state index in [4.69, 9.17) is 20.2 Å². The minimum absolute atomic E-state index is 0.237. The van der Waals surface area contributed by atoms with E-state index >= 15 is 0 Å². The van der Waals surface area contributed by atoms with Gasteiger partial charge in [-0.05, 0) is 81.0 Å². The third-order valence-electron chi connectivity index (χ3n) is 7.41. The maximum Gasteiger partial charge on any atom is 0.341 e. The topological polar surface area (TPSA) is 112 Å². The highest BCUT2D eigenvalue weighted by Crippen LogP contribution is 2.46. The van der Waals surface area contributed by atoms with E-state index in [-0.39, 0.29) is 12.1 Å². The SMILES string of the molecule is CC[C@]1(C)OC(=O)c2ccc(Nc3cc4c(C(C)(N)C5CC5)cnc(OC5CC5)c4cn3)nc21. The van der Waals surface area contributed by atoms with Crippen LogP contribution in [0.1, 0.15) is 74.5 Å². The predicted octanol–water partition coefficient (Wildman–Crippen LogP) is 4.69. The van der Waals surface area contributed by atoms with Crippen molar-refractivity contribution < 1.29 is 14.3 Å². The Morgan fingerprint density at radius 1 is 1.18 bits per heavy atom. The molecule has 0 saturated heterocycles. The van der Waals surface area contributed by atoms with Gasteiger partial charge in [0.25, 0.3) is 0 Å². The Bertz CT molecular complexity index is 1320. The summed E-state index contributed by atoms with van der Waals surface area (Å²) in [5.41, 5.74) is 7.78. The number of ether oxygens (including phenoxy) is 2. The molecule has 2 fully saturated rings. The van der Waals surface area contributed by atoms with Gasteiger partial charge in [0.1, 0.15) is 23.4 Å². The van der Waals surface area contributed by atoms with E-state index in [9.17, 15) is 4.79 Å². The summed E-state index contributed by atoms with van der Waals surface area (Å²) >= 11 is 0. The highest BCUT2D eigenvalue weighted by Gasteiger charge is 2.43. The molecule has 176 valence electrons. The van der Waals surface area contributed by atoms with Crippen molar-refractivity contribution in [2.75, 3.05) is 5.32 Å². The number of carbonyl (C=O) groups excluding carboxylic acids is 1. The van der Waals surface area contributed by atoms with Crippen LogP contribution in [0.15, 0.2) is 30.6 Å². The molecule has 8 nitrogen and oxygen atoms in total. The number of nitrogens with one attached hydrogen (secondary N) is 1. The van der Waals surface area contributed by atoms with Crippen molar-refractivity contribution in [1.29, 1.82) is 0 Å². The molecule has 0 amide bonds. The number of fused-ring (bicyclic) bond motifs is 2. The van der Waals surface area contributed by atoms with Gasteiger partial charge in [-0.2, -0.15) is 0 Å². The molecule has 34 heavy (non-hydrogen) atoms.